The topological polar surface area (TPSA) is 90.4 Å². The van der Waals surface area contributed by atoms with E-state index in [9.17, 15) is 12.8 Å². The molecule has 26 heavy (non-hydrogen) atoms. The Hall–Kier alpha value is -3.20. The fraction of sp³-hybridized carbons (Fsp3) is 0.0588. The van der Waals surface area contributed by atoms with Gasteiger partial charge in [-0.3, -0.25) is 4.72 Å². The molecule has 0 radical (unpaired) electrons. The summed E-state index contributed by atoms with van der Waals surface area (Å²) in [6, 6.07) is 11.9. The highest BCUT2D eigenvalue weighted by Gasteiger charge is 2.19. The van der Waals surface area contributed by atoms with Gasteiger partial charge in [-0.2, -0.15) is 0 Å². The molecule has 1 heterocycles. The Morgan fingerprint density at radius 1 is 0.962 bits per heavy atom. The molecule has 0 aliphatic rings. The van der Waals surface area contributed by atoms with Crippen LogP contribution in [0.2, 0.25) is 0 Å². The zero-order chi connectivity index (χ0) is 18.6. The van der Waals surface area contributed by atoms with E-state index in [1.807, 2.05) is 0 Å². The third kappa shape index (κ3) is 3.89. The molecule has 0 aliphatic heterocycles. The van der Waals surface area contributed by atoms with Crippen molar-refractivity contribution in [1.29, 1.82) is 0 Å². The van der Waals surface area contributed by atoms with Crippen molar-refractivity contribution in [2.24, 2.45) is 0 Å². The van der Waals surface area contributed by atoms with Crippen LogP contribution in [0.5, 0.6) is 17.5 Å². The van der Waals surface area contributed by atoms with E-state index in [2.05, 4.69) is 14.7 Å². The zero-order valence-electron chi connectivity index (χ0n) is 13.6. The van der Waals surface area contributed by atoms with Crippen LogP contribution in [-0.4, -0.2) is 25.5 Å². The quantitative estimate of drug-likeness (QED) is 0.711. The lowest BCUT2D eigenvalue weighted by atomic mass is 10.3. The molecule has 7 nitrogen and oxygen atoms in total. The summed E-state index contributed by atoms with van der Waals surface area (Å²) in [7, 11) is -2.51. The van der Waals surface area contributed by atoms with Crippen LogP contribution >= 0.6 is 0 Å². The van der Waals surface area contributed by atoms with Crippen LogP contribution in [0.15, 0.2) is 65.8 Å². The highest BCUT2D eigenvalue weighted by Crippen LogP contribution is 2.25. The standard InChI is InChI=1S/C17H14FN3O4S/c1-24-15-8-4-5-9-16(15)26(22,23)21-12-10-19-17(20-11-12)25-14-7-3-2-6-13(14)18/h2-11,21H,1H3. The maximum atomic E-state index is 13.6. The van der Waals surface area contributed by atoms with E-state index in [1.165, 1.54) is 49.8 Å². The Morgan fingerprint density at radius 3 is 2.23 bits per heavy atom. The van der Waals surface area contributed by atoms with Gasteiger partial charge in [0.25, 0.3) is 10.0 Å². The van der Waals surface area contributed by atoms with Crippen molar-refractivity contribution in [3.63, 3.8) is 0 Å². The minimum absolute atomic E-state index is 0.0193. The Labute approximate surface area is 149 Å². The molecule has 3 rings (SSSR count). The number of benzene rings is 2. The summed E-state index contributed by atoms with van der Waals surface area (Å²) in [6.45, 7) is 0. The van der Waals surface area contributed by atoms with Gasteiger partial charge in [0.05, 0.1) is 25.2 Å². The molecule has 0 aliphatic carbocycles. The van der Waals surface area contributed by atoms with Crippen molar-refractivity contribution in [2.75, 3.05) is 11.8 Å². The van der Waals surface area contributed by atoms with Gasteiger partial charge in [0.15, 0.2) is 11.6 Å². The lowest BCUT2D eigenvalue weighted by Gasteiger charge is -2.11. The lowest BCUT2D eigenvalue weighted by molar-refractivity contribution is 0.403. The van der Waals surface area contributed by atoms with Crippen LogP contribution in [0.25, 0.3) is 0 Å². The van der Waals surface area contributed by atoms with E-state index in [0.29, 0.717) is 0 Å². The van der Waals surface area contributed by atoms with Crippen LogP contribution in [0, 0.1) is 5.82 Å². The first-order valence-electron chi connectivity index (χ1n) is 7.40. The molecule has 0 unspecified atom stereocenters. The van der Waals surface area contributed by atoms with E-state index in [-0.39, 0.29) is 28.1 Å². The van der Waals surface area contributed by atoms with E-state index >= 15 is 0 Å². The minimum atomic E-state index is -3.89. The average molecular weight is 375 g/mol. The molecule has 1 aromatic heterocycles. The van der Waals surface area contributed by atoms with Crippen molar-refractivity contribution in [2.45, 2.75) is 4.90 Å². The van der Waals surface area contributed by atoms with Gasteiger partial charge in [-0.05, 0) is 24.3 Å². The molecule has 0 bridgehead atoms. The molecule has 3 aromatic rings. The Kier molecular flexibility index (Phi) is 4.99. The van der Waals surface area contributed by atoms with Crippen molar-refractivity contribution < 1.29 is 22.3 Å². The second-order valence-corrected chi connectivity index (χ2v) is 6.69. The third-order valence-electron chi connectivity index (χ3n) is 3.28. The summed E-state index contributed by atoms with van der Waals surface area (Å²) in [5, 5.41) is 0. The summed E-state index contributed by atoms with van der Waals surface area (Å²) in [6.07, 6.45) is 2.44. The molecular formula is C17H14FN3O4S. The van der Waals surface area contributed by atoms with Crippen LogP contribution in [0.1, 0.15) is 0 Å². The molecular weight excluding hydrogens is 361 g/mol. The number of anilines is 1. The number of aromatic nitrogens is 2. The fourth-order valence-electron chi connectivity index (χ4n) is 2.10. The van der Waals surface area contributed by atoms with E-state index < -0.39 is 15.8 Å². The van der Waals surface area contributed by atoms with Gasteiger partial charge in [-0.25, -0.2) is 22.8 Å². The Morgan fingerprint density at radius 2 is 1.58 bits per heavy atom. The minimum Gasteiger partial charge on any atom is -0.495 e. The molecule has 0 atom stereocenters. The molecule has 0 saturated carbocycles. The molecule has 0 spiro atoms. The monoisotopic (exact) mass is 375 g/mol. The number of rotatable bonds is 6. The number of nitrogens with one attached hydrogen (secondary N) is 1. The number of hydrogen-bond acceptors (Lipinski definition) is 6. The van der Waals surface area contributed by atoms with Crippen molar-refractivity contribution in [3.8, 4) is 17.5 Å². The molecule has 0 saturated heterocycles. The Balaban J connectivity index is 1.78. The maximum Gasteiger partial charge on any atom is 0.322 e. The van der Waals surface area contributed by atoms with Crippen LogP contribution < -0.4 is 14.2 Å². The highest BCUT2D eigenvalue weighted by atomic mass is 32.2. The number of sulfonamides is 1. The predicted molar refractivity (Wildman–Crippen MR) is 92.3 cm³/mol. The van der Waals surface area contributed by atoms with Crippen molar-refractivity contribution in [3.05, 3.63) is 66.7 Å². The summed E-state index contributed by atoms with van der Waals surface area (Å²) in [5.74, 6) is -0.382. The van der Waals surface area contributed by atoms with Gasteiger partial charge in [0.1, 0.15) is 10.6 Å². The molecule has 0 amide bonds. The number of halogens is 1. The van der Waals surface area contributed by atoms with Gasteiger partial charge in [0, 0.05) is 0 Å². The first-order valence-corrected chi connectivity index (χ1v) is 8.88. The first-order chi connectivity index (χ1) is 12.5. The zero-order valence-corrected chi connectivity index (χ0v) is 14.4. The highest BCUT2D eigenvalue weighted by molar-refractivity contribution is 7.92. The number of para-hydroxylation sites is 2. The first kappa shape index (κ1) is 17.6. The maximum absolute atomic E-state index is 13.6. The van der Waals surface area contributed by atoms with E-state index in [1.54, 1.807) is 18.2 Å². The number of methoxy groups -OCH3 is 1. The second kappa shape index (κ2) is 7.36. The summed E-state index contributed by atoms with van der Waals surface area (Å²) in [4.78, 5) is 7.74. The number of ether oxygens (including phenoxy) is 2. The van der Waals surface area contributed by atoms with Crippen LogP contribution in [-0.2, 0) is 10.0 Å². The number of nitrogens with zero attached hydrogens (tertiary/aromatic N) is 2. The lowest BCUT2D eigenvalue weighted by Crippen LogP contribution is -2.14. The molecule has 0 fully saturated rings. The third-order valence-corrected chi connectivity index (χ3v) is 4.70. The fourth-order valence-corrected chi connectivity index (χ4v) is 3.30. The van der Waals surface area contributed by atoms with Crippen molar-refractivity contribution in [1.82, 2.24) is 9.97 Å². The van der Waals surface area contributed by atoms with Crippen molar-refractivity contribution >= 4 is 15.7 Å². The van der Waals surface area contributed by atoms with Crippen LogP contribution in [0.4, 0.5) is 10.1 Å². The van der Waals surface area contributed by atoms with E-state index in [0.717, 1.165) is 0 Å². The van der Waals surface area contributed by atoms with Crippen LogP contribution in [0.3, 0.4) is 0 Å². The second-order valence-electron chi connectivity index (χ2n) is 5.04. The predicted octanol–water partition coefficient (Wildman–Crippen LogP) is 3.22. The normalized spacial score (nSPS) is 11.0. The van der Waals surface area contributed by atoms with Gasteiger partial charge in [0.2, 0.25) is 0 Å². The summed E-state index contributed by atoms with van der Waals surface area (Å²) < 4.78 is 51.1. The SMILES string of the molecule is COc1ccccc1S(=O)(=O)Nc1cnc(Oc2ccccc2F)nc1. The Bertz CT molecular complexity index is 1010. The summed E-state index contributed by atoms with van der Waals surface area (Å²) >= 11 is 0. The van der Waals surface area contributed by atoms with Gasteiger partial charge in [-0.1, -0.05) is 24.3 Å². The largest absolute Gasteiger partial charge is 0.495 e. The van der Waals surface area contributed by atoms with E-state index in [4.69, 9.17) is 9.47 Å². The van der Waals surface area contributed by atoms with Gasteiger partial charge in [-0.15, -0.1) is 0 Å². The molecule has 2 aromatic carbocycles. The average Bonchev–Trinajstić information content (AvgIpc) is 2.65. The molecule has 134 valence electrons. The number of hydrogen-bond donors (Lipinski definition) is 1. The van der Waals surface area contributed by atoms with Gasteiger partial charge < -0.3 is 9.47 Å². The smallest absolute Gasteiger partial charge is 0.322 e. The molecule has 9 heteroatoms. The summed E-state index contributed by atoms with van der Waals surface area (Å²) in [5.41, 5.74) is 0.122. The molecule has 1 N–H and O–H groups in total. The van der Waals surface area contributed by atoms with Gasteiger partial charge >= 0.3 is 6.01 Å².